The number of hydrogen-bond acceptors (Lipinski definition) is 6. The van der Waals surface area contributed by atoms with Gasteiger partial charge in [-0.25, -0.2) is 5.43 Å². The van der Waals surface area contributed by atoms with E-state index in [9.17, 15) is 9.59 Å². The van der Waals surface area contributed by atoms with Crippen molar-refractivity contribution in [3.05, 3.63) is 28.8 Å². The van der Waals surface area contributed by atoms with Crippen molar-refractivity contribution in [2.24, 2.45) is 5.10 Å². The Morgan fingerprint density at radius 1 is 1.33 bits per heavy atom. The van der Waals surface area contributed by atoms with Crippen molar-refractivity contribution >= 4 is 29.1 Å². The minimum Gasteiger partial charge on any atom is -0.482 e. The smallest absolute Gasteiger partial charge is 0.257 e. The number of nitrogens with one attached hydrogen (secondary N) is 2. The molecule has 0 aliphatic carbocycles. The Kier molecular flexibility index (Phi) is 7.03. The van der Waals surface area contributed by atoms with E-state index >= 15 is 0 Å². The van der Waals surface area contributed by atoms with Gasteiger partial charge in [0.1, 0.15) is 5.75 Å². The number of hydrogen-bond donors (Lipinski definition) is 2. The van der Waals surface area contributed by atoms with Gasteiger partial charge in [-0.15, -0.1) is 0 Å². The van der Waals surface area contributed by atoms with Crippen LogP contribution < -0.4 is 15.5 Å². The Balaban J connectivity index is 1.43. The first-order valence-electron chi connectivity index (χ1n) is 8.97. The molecule has 0 atom stereocenters. The maximum Gasteiger partial charge on any atom is 0.257 e. The molecule has 0 radical (unpaired) electrons. The average molecular weight is 395 g/mol. The van der Waals surface area contributed by atoms with Gasteiger partial charge >= 0.3 is 0 Å². The molecule has 146 valence electrons. The lowest BCUT2D eigenvalue weighted by molar-refractivity contribution is -0.123. The van der Waals surface area contributed by atoms with Gasteiger partial charge in [-0.05, 0) is 23.8 Å². The van der Waals surface area contributed by atoms with Crippen LogP contribution in [0, 0.1) is 0 Å². The monoisotopic (exact) mass is 394 g/mol. The van der Waals surface area contributed by atoms with Gasteiger partial charge in [0.2, 0.25) is 5.91 Å². The highest BCUT2D eigenvalue weighted by molar-refractivity contribution is 6.32. The Labute approximate surface area is 162 Å². The summed E-state index contributed by atoms with van der Waals surface area (Å²) in [6.07, 6.45) is 0.966. The summed E-state index contributed by atoms with van der Waals surface area (Å²) in [4.78, 5) is 25.3. The average Bonchev–Trinajstić information content (AvgIpc) is 2.68. The molecule has 2 amide bonds. The molecule has 1 aromatic carbocycles. The van der Waals surface area contributed by atoms with E-state index in [0.29, 0.717) is 30.2 Å². The Bertz CT molecular complexity index is 719. The van der Waals surface area contributed by atoms with Gasteiger partial charge in [-0.2, -0.15) is 5.10 Å². The van der Waals surface area contributed by atoms with E-state index in [4.69, 9.17) is 21.1 Å². The zero-order valence-electron chi connectivity index (χ0n) is 15.0. The number of rotatable bonds is 7. The summed E-state index contributed by atoms with van der Waals surface area (Å²) >= 11 is 6.25. The number of halogens is 1. The van der Waals surface area contributed by atoms with Gasteiger partial charge in [0.05, 0.1) is 23.9 Å². The van der Waals surface area contributed by atoms with Gasteiger partial charge in [-0.3, -0.25) is 14.5 Å². The molecule has 0 aromatic heterocycles. The molecule has 1 aromatic rings. The zero-order chi connectivity index (χ0) is 19.1. The fourth-order valence-electron chi connectivity index (χ4n) is 2.85. The molecular weight excluding hydrogens is 372 g/mol. The largest absolute Gasteiger partial charge is 0.482 e. The van der Waals surface area contributed by atoms with E-state index < -0.39 is 0 Å². The van der Waals surface area contributed by atoms with Crippen LogP contribution in [0.5, 0.6) is 5.75 Å². The van der Waals surface area contributed by atoms with Crippen LogP contribution in [0.15, 0.2) is 23.3 Å². The summed E-state index contributed by atoms with van der Waals surface area (Å²) in [5, 5.41) is 7.27. The number of carbonyl (C=O) groups is 2. The molecular formula is C18H23ClN4O4. The van der Waals surface area contributed by atoms with Crippen LogP contribution in [0.1, 0.15) is 18.4 Å². The lowest BCUT2D eigenvalue weighted by Gasteiger charge is -2.26. The molecule has 0 bridgehead atoms. The van der Waals surface area contributed by atoms with Gasteiger partial charge < -0.3 is 14.8 Å². The molecule has 8 nitrogen and oxygen atoms in total. The third-order valence-electron chi connectivity index (χ3n) is 4.38. The molecule has 3 rings (SSSR count). The van der Waals surface area contributed by atoms with Crippen molar-refractivity contribution in [3.8, 4) is 5.75 Å². The number of amides is 2. The van der Waals surface area contributed by atoms with Gasteiger partial charge in [0.25, 0.3) is 5.91 Å². The van der Waals surface area contributed by atoms with Crippen LogP contribution in [0.25, 0.3) is 0 Å². The molecule has 2 aliphatic rings. The van der Waals surface area contributed by atoms with E-state index in [1.54, 1.807) is 12.1 Å². The number of nitrogens with zero attached hydrogens (tertiary/aromatic N) is 2. The number of ether oxygens (including phenoxy) is 2. The molecule has 0 unspecified atom stereocenters. The minimum absolute atomic E-state index is 0.0931. The van der Waals surface area contributed by atoms with Crippen molar-refractivity contribution in [1.29, 1.82) is 0 Å². The van der Waals surface area contributed by atoms with Crippen LogP contribution in [0.2, 0.25) is 5.02 Å². The summed E-state index contributed by atoms with van der Waals surface area (Å²) in [7, 11) is 0. The molecule has 0 saturated carbocycles. The van der Waals surface area contributed by atoms with E-state index in [1.165, 1.54) is 0 Å². The van der Waals surface area contributed by atoms with E-state index in [2.05, 4.69) is 20.7 Å². The standard InChI is InChI=1S/C18H23ClN4O4/c19-14-11-13(15-2-4-17(24)22-21-15)1-3-16(14)27-12-18(25)20-5-6-23-7-9-26-10-8-23/h1,3,11H,2,4-10,12H2,(H,20,25)(H,22,24). The molecule has 1 fully saturated rings. The second-order valence-electron chi connectivity index (χ2n) is 6.33. The Hall–Kier alpha value is -2.16. The van der Waals surface area contributed by atoms with Crippen LogP contribution in [0.4, 0.5) is 0 Å². The number of benzene rings is 1. The molecule has 27 heavy (non-hydrogen) atoms. The highest BCUT2D eigenvalue weighted by Crippen LogP contribution is 2.26. The first kappa shape index (κ1) is 19.6. The fourth-order valence-corrected chi connectivity index (χ4v) is 3.09. The Morgan fingerprint density at radius 3 is 2.85 bits per heavy atom. The number of morpholine rings is 1. The molecule has 0 spiro atoms. The van der Waals surface area contributed by atoms with Gasteiger partial charge in [-0.1, -0.05) is 11.6 Å². The second-order valence-corrected chi connectivity index (χ2v) is 6.74. The summed E-state index contributed by atoms with van der Waals surface area (Å²) in [5.74, 6) is 0.149. The third kappa shape index (κ3) is 5.92. The first-order valence-corrected chi connectivity index (χ1v) is 9.34. The molecule has 2 N–H and O–H groups in total. The van der Waals surface area contributed by atoms with Crippen molar-refractivity contribution in [2.45, 2.75) is 12.8 Å². The van der Waals surface area contributed by atoms with E-state index in [-0.39, 0.29) is 18.4 Å². The fraction of sp³-hybridized carbons (Fsp3) is 0.500. The predicted octanol–water partition coefficient (Wildman–Crippen LogP) is 0.781. The quantitative estimate of drug-likeness (QED) is 0.713. The lowest BCUT2D eigenvalue weighted by atomic mass is 10.0. The number of carbonyl (C=O) groups excluding carboxylic acids is 2. The maximum atomic E-state index is 11.9. The molecule has 9 heteroatoms. The lowest BCUT2D eigenvalue weighted by Crippen LogP contribution is -2.42. The van der Waals surface area contributed by atoms with Crippen molar-refractivity contribution in [3.63, 3.8) is 0 Å². The predicted molar refractivity (Wildman–Crippen MR) is 101 cm³/mol. The van der Waals surface area contributed by atoms with Crippen LogP contribution in [-0.4, -0.2) is 68.4 Å². The van der Waals surface area contributed by atoms with Crippen molar-refractivity contribution in [2.75, 3.05) is 46.0 Å². The van der Waals surface area contributed by atoms with E-state index in [1.807, 2.05) is 6.07 Å². The molecule has 2 heterocycles. The summed E-state index contributed by atoms with van der Waals surface area (Å²) in [6, 6.07) is 5.25. The molecule has 2 aliphatic heterocycles. The third-order valence-corrected chi connectivity index (χ3v) is 4.68. The highest BCUT2D eigenvalue weighted by Gasteiger charge is 2.15. The maximum absolute atomic E-state index is 11.9. The van der Waals surface area contributed by atoms with Gasteiger partial charge in [0, 0.05) is 39.0 Å². The topological polar surface area (TPSA) is 92.3 Å². The van der Waals surface area contributed by atoms with Crippen LogP contribution in [-0.2, 0) is 14.3 Å². The first-order chi connectivity index (χ1) is 13.1. The van der Waals surface area contributed by atoms with Crippen molar-refractivity contribution < 1.29 is 19.1 Å². The zero-order valence-corrected chi connectivity index (χ0v) is 15.8. The summed E-state index contributed by atoms with van der Waals surface area (Å²) < 4.78 is 10.8. The van der Waals surface area contributed by atoms with Crippen LogP contribution >= 0.6 is 11.6 Å². The Morgan fingerprint density at radius 2 is 2.15 bits per heavy atom. The normalized spacial score (nSPS) is 17.8. The summed E-state index contributed by atoms with van der Waals surface area (Å²) in [5.41, 5.74) is 4.05. The SMILES string of the molecule is O=C(COc1ccc(C2=NNC(=O)CC2)cc1Cl)NCCN1CCOCC1. The molecule has 1 saturated heterocycles. The number of hydrazone groups is 1. The summed E-state index contributed by atoms with van der Waals surface area (Å²) in [6.45, 7) is 4.53. The second kappa shape index (κ2) is 9.68. The van der Waals surface area contributed by atoms with Crippen molar-refractivity contribution in [1.82, 2.24) is 15.6 Å². The minimum atomic E-state index is -0.192. The highest BCUT2D eigenvalue weighted by atomic mass is 35.5. The van der Waals surface area contributed by atoms with E-state index in [0.717, 1.165) is 44.1 Å². The van der Waals surface area contributed by atoms with Crippen LogP contribution in [0.3, 0.4) is 0 Å². The van der Waals surface area contributed by atoms with Gasteiger partial charge in [0.15, 0.2) is 6.61 Å².